The summed E-state index contributed by atoms with van der Waals surface area (Å²) in [5.41, 5.74) is 2.86. The Bertz CT molecular complexity index is 898. The van der Waals surface area contributed by atoms with Crippen LogP contribution in [0.4, 0.5) is 5.69 Å². The highest BCUT2D eigenvalue weighted by molar-refractivity contribution is 7.89. The van der Waals surface area contributed by atoms with E-state index < -0.39 is 10.0 Å². The highest BCUT2D eigenvalue weighted by Gasteiger charge is 2.25. The number of carbonyl (C=O) groups is 1. The van der Waals surface area contributed by atoms with Crippen LogP contribution in [-0.2, 0) is 10.0 Å². The number of nitrogens with one attached hydrogen (secondary N) is 3. The number of thiazole rings is 1. The predicted molar refractivity (Wildman–Crippen MR) is 114 cm³/mol. The van der Waals surface area contributed by atoms with Crippen LogP contribution in [0, 0.1) is 12.8 Å². The first kappa shape index (κ1) is 22.8. The molecule has 1 aromatic heterocycles. The highest BCUT2D eigenvalue weighted by Crippen LogP contribution is 2.23. The second kappa shape index (κ2) is 9.80. The van der Waals surface area contributed by atoms with Gasteiger partial charge in [-0.25, -0.2) is 13.1 Å². The number of piperidine rings is 1. The van der Waals surface area contributed by atoms with E-state index in [1.807, 2.05) is 6.92 Å². The molecule has 1 saturated heterocycles. The largest absolute Gasteiger partial charge is 0.321 e. The zero-order chi connectivity index (χ0) is 19.4. The summed E-state index contributed by atoms with van der Waals surface area (Å²) in [7, 11) is -3.61. The van der Waals surface area contributed by atoms with E-state index in [4.69, 9.17) is 0 Å². The van der Waals surface area contributed by atoms with Gasteiger partial charge in [-0.05, 0) is 69.5 Å². The van der Waals surface area contributed by atoms with Crippen LogP contribution in [0.1, 0.15) is 35.0 Å². The minimum atomic E-state index is -3.61. The zero-order valence-electron chi connectivity index (χ0n) is 15.8. The molecule has 154 valence electrons. The van der Waals surface area contributed by atoms with Crippen molar-refractivity contribution >= 4 is 45.4 Å². The third-order valence-corrected chi connectivity index (χ3v) is 7.17. The second-order valence-corrected chi connectivity index (χ2v) is 9.39. The number of carbonyl (C=O) groups excluding carboxylic acids is 1. The van der Waals surface area contributed by atoms with Crippen molar-refractivity contribution in [2.45, 2.75) is 37.6 Å². The fourth-order valence-electron chi connectivity index (χ4n) is 3.21. The lowest BCUT2D eigenvalue weighted by Crippen LogP contribution is -2.42. The molecule has 10 heteroatoms. The molecule has 1 aliphatic heterocycles. The Morgan fingerprint density at radius 3 is 2.64 bits per heavy atom. The van der Waals surface area contributed by atoms with Crippen molar-refractivity contribution in [2.24, 2.45) is 5.92 Å². The topological polar surface area (TPSA) is 100 Å². The average molecular weight is 445 g/mol. The van der Waals surface area contributed by atoms with Crippen LogP contribution in [0.2, 0.25) is 0 Å². The quantitative estimate of drug-likeness (QED) is 0.636. The molecule has 0 aliphatic carbocycles. The van der Waals surface area contributed by atoms with Gasteiger partial charge in [0.1, 0.15) is 4.88 Å². The third-order valence-electron chi connectivity index (χ3n) is 4.84. The maximum Gasteiger partial charge on any atom is 0.267 e. The summed E-state index contributed by atoms with van der Waals surface area (Å²) < 4.78 is 28.3. The molecule has 0 bridgehead atoms. The summed E-state index contributed by atoms with van der Waals surface area (Å²) in [4.78, 5) is 16.7. The molecule has 2 aromatic rings. The first-order valence-electron chi connectivity index (χ1n) is 8.90. The number of hydrogen-bond donors (Lipinski definition) is 3. The average Bonchev–Trinajstić information content (AvgIpc) is 3.18. The lowest BCUT2D eigenvalue weighted by Gasteiger charge is -2.28. The maximum absolute atomic E-state index is 12.7. The number of benzene rings is 1. The van der Waals surface area contributed by atoms with Crippen molar-refractivity contribution in [1.29, 1.82) is 0 Å². The van der Waals surface area contributed by atoms with Crippen LogP contribution in [0.25, 0.3) is 0 Å². The molecule has 1 fully saturated rings. The van der Waals surface area contributed by atoms with Gasteiger partial charge in [-0.15, -0.1) is 23.7 Å². The summed E-state index contributed by atoms with van der Waals surface area (Å²) in [5, 5.41) is 6.08. The zero-order valence-corrected chi connectivity index (χ0v) is 18.2. The molecule has 7 nitrogen and oxygen atoms in total. The number of hydrogen-bond acceptors (Lipinski definition) is 6. The van der Waals surface area contributed by atoms with Gasteiger partial charge in [-0.2, -0.15) is 0 Å². The Morgan fingerprint density at radius 1 is 1.32 bits per heavy atom. The highest BCUT2D eigenvalue weighted by atomic mass is 35.5. The van der Waals surface area contributed by atoms with Crippen molar-refractivity contribution < 1.29 is 13.2 Å². The van der Waals surface area contributed by atoms with Gasteiger partial charge in [-0.1, -0.05) is 0 Å². The Morgan fingerprint density at radius 2 is 2.04 bits per heavy atom. The van der Waals surface area contributed by atoms with E-state index in [2.05, 4.69) is 20.3 Å². The number of aromatic nitrogens is 1. The van der Waals surface area contributed by atoms with Crippen LogP contribution < -0.4 is 15.4 Å². The van der Waals surface area contributed by atoms with E-state index in [0.717, 1.165) is 25.9 Å². The molecule has 0 radical (unpaired) electrons. The van der Waals surface area contributed by atoms with E-state index in [1.54, 1.807) is 24.6 Å². The van der Waals surface area contributed by atoms with Crippen LogP contribution in [0.3, 0.4) is 0 Å². The van der Waals surface area contributed by atoms with E-state index in [9.17, 15) is 13.2 Å². The van der Waals surface area contributed by atoms with Crippen LogP contribution >= 0.6 is 23.7 Å². The summed E-state index contributed by atoms with van der Waals surface area (Å²) in [6, 6.07) is 4.60. The van der Waals surface area contributed by atoms with Crippen molar-refractivity contribution in [2.75, 3.05) is 18.4 Å². The van der Waals surface area contributed by atoms with Crippen molar-refractivity contribution in [3.05, 3.63) is 40.3 Å². The number of sulfonamides is 1. The minimum Gasteiger partial charge on any atom is -0.321 e. The summed E-state index contributed by atoms with van der Waals surface area (Å²) in [6.07, 6.45) is 3.43. The molecule has 0 unspecified atom stereocenters. The van der Waals surface area contributed by atoms with Gasteiger partial charge in [0.2, 0.25) is 10.0 Å². The van der Waals surface area contributed by atoms with E-state index >= 15 is 0 Å². The van der Waals surface area contributed by atoms with E-state index in [0.29, 0.717) is 22.0 Å². The number of rotatable bonds is 6. The van der Waals surface area contributed by atoms with E-state index in [1.165, 1.54) is 23.6 Å². The lowest BCUT2D eigenvalue weighted by molar-refractivity contribution is 0.103. The SMILES string of the molecule is Cc1cc(S(=O)(=O)N[C@H](C)C2CCNCC2)ccc1NC(=O)c1cncs1.Cl. The molecule has 0 spiro atoms. The smallest absolute Gasteiger partial charge is 0.267 e. The third kappa shape index (κ3) is 5.51. The molecular formula is C18H25ClN4O3S2. The van der Waals surface area contributed by atoms with Gasteiger partial charge in [0.25, 0.3) is 5.91 Å². The molecule has 1 aliphatic rings. The Kier molecular flexibility index (Phi) is 7.97. The van der Waals surface area contributed by atoms with Crippen LogP contribution in [0.15, 0.2) is 34.8 Å². The Hall–Kier alpha value is -1.52. The molecule has 3 N–H and O–H groups in total. The van der Waals surface area contributed by atoms with Crippen molar-refractivity contribution in [3.63, 3.8) is 0 Å². The number of halogens is 1. The first-order valence-corrected chi connectivity index (χ1v) is 11.3. The normalized spacial score (nSPS) is 16.2. The first-order chi connectivity index (χ1) is 12.9. The number of nitrogens with zero attached hydrogens (tertiary/aromatic N) is 1. The predicted octanol–water partition coefficient (Wildman–Crippen LogP) is 2.79. The van der Waals surface area contributed by atoms with Crippen LogP contribution in [-0.4, -0.2) is 38.4 Å². The number of aryl methyl sites for hydroxylation is 1. The van der Waals surface area contributed by atoms with Gasteiger partial charge in [0, 0.05) is 11.7 Å². The lowest BCUT2D eigenvalue weighted by atomic mass is 9.92. The van der Waals surface area contributed by atoms with Crippen molar-refractivity contribution in [3.8, 4) is 0 Å². The Balaban J connectivity index is 0.00000280. The monoisotopic (exact) mass is 444 g/mol. The van der Waals surface area contributed by atoms with Gasteiger partial charge in [-0.3, -0.25) is 9.78 Å². The molecule has 1 aromatic carbocycles. The Labute approximate surface area is 175 Å². The fourth-order valence-corrected chi connectivity index (χ4v) is 5.12. The minimum absolute atomic E-state index is 0. The van der Waals surface area contributed by atoms with E-state index in [-0.39, 0.29) is 29.3 Å². The summed E-state index contributed by atoms with van der Waals surface area (Å²) in [5.74, 6) is 0.0777. The summed E-state index contributed by atoms with van der Waals surface area (Å²) in [6.45, 7) is 5.54. The standard InChI is InChI=1S/C18H24N4O3S2.ClH/c1-12-9-15(3-4-16(12)21-18(23)17-10-20-11-26-17)27(24,25)22-13(2)14-5-7-19-8-6-14;/h3-4,9-11,13-14,19,22H,5-8H2,1-2H3,(H,21,23);1H/t13-;/m1./s1. The second-order valence-electron chi connectivity index (χ2n) is 6.79. The number of anilines is 1. The molecule has 0 saturated carbocycles. The molecular weight excluding hydrogens is 420 g/mol. The maximum atomic E-state index is 12.7. The molecule has 1 atom stereocenters. The van der Waals surface area contributed by atoms with Crippen molar-refractivity contribution in [1.82, 2.24) is 15.0 Å². The van der Waals surface area contributed by atoms with Gasteiger partial charge in [0.05, 0.1) is 16.6 Å². The van der Waals surface area contributed by atoms with Crippen LogP contribution in [0.5, 0.6) is 0 Å². The fraction of sp³-hybridized carbons (Fsp3) is 0.444. The number of amides is 1. The molecule has 3 rings (SSSR count). The molecule has 2 heterocycles. The molecule has 28 heavy (non-hydrogen) atoms. The summed E-state index contributed by atoms with van der Waals surface area (Å²) >= 11 is 1.25. The van der Waals surface area contributed by atoms with Gasteiger partial charge >= 0.3 is 0 Å². The molecule has 1 amide bonds. The van der Waals surface area contributed by atoms with Gasteiger partial charge in [0.15, 0.2) is 0 Å². The van der Waals surface area contributed by atoms with Gasteiger partial charge < -0.3 is 10.6 Å².